The fraction of sp³-hybridized carbons (Fsp3) is 0.312. The Hall–Kier alpha value is -2.63. The first-order chi connectivity index (χ1) is 10.7. The van der Waals surface area contributed by atoms with Gasteiger partial charge in [0.1, 0.15) is 23.1 Å². The summed E-state index contributed by atoms with van der Waals surface area (Å²) in [6.45, 7) is 4.03. The molecule has 3 aromatic heterocycles. The molecule has 3 N–H and O–H groups in total. The number of anilines is 2. The van der Waals surface area contributed by atoms with E-state index in [4.69, 9.17) is 10.7 Å². The van der Waals surface area contributed by atoms with Gasteiger partial charge < -0.3 is 15.6 Å². The van der Waals surface area contributed by atoms with E-state index in [1.54, 1.807) is 6.20 Å². The topological polar surface area (TPSA) is 83.7 Å². The van der Waals surface area contributed by atoms with E-state index in [1.807, 2.05) is 25.3 Å². The van der Waals surface area contributed by atoms with Gasteiger partial charge in [-0.15, -0.1) is 0 Å². The highest BCUT2D eigenvalue weighted by Crippen LogP contribution is 2.35. The van der Waals surface area contributed by atoms with Crippen molar-refractivity contribution in [1.82, 2.24) is 19.9 Å². The van der Waals surface area contributed by atoms with Crippen molar-refractivity contribution in [1.29, 1.82) is 0 Å². The van der Waals surface area contributed by atoms with Crippen LogP contribution < -0.4 is 10.6 Å². The number of pyridine rings is 1. The van der Waals surface area contributed by atoms with Crippen LogP contribution in [0.2, 0.25) is 0 Å². The molecule has 0 aliphatic carbocycles. The molecule has 1 aliphatic heterocycles. The van der Waals surface area contributed by atoms with Crippen LogP contribution >= 0.6 is 0 Å². The van der Waals surface area contributed by atoms with Crippen LogP contribution in [0.5, 0.6) is 0 Å². The normalized spacial score (nSPS) is 14.9. The summed E-state index contributed by atoms with van der Waals surface area (Å²) in [7, 11) is 0. The van der Waals surface area contributed by atoms with Crippen molar-refractivity contribution in [3.63, 3.8) is 0 Å². The van der Waals surface area contributed by atoms with Gasteiger partial charge >= 0.3 is 0 Å². The molecule has 3 aromatic rings. The first-order valence-electron chi connectivity index (χ1n) is 7.55. The number of nitrogens with zero attached hydrogens (tertiary/aromatic N) is 4. The Kier molecular flexibility index (Phi) is 2.96. The van der Waals surface area contributed by atoms with Gasteiger partial charge in [0.05, 0.1) is 5.39 Å². The van der Waals surface area contributed by atoms with Crippen molar-refractivity contribution >= 4 is 22.7 Å². The fourth-order valence-corrected chi connectivity index (χ4v) is 3.12. The van der Waals surface area contributed by atoms with Gasteiger partial charge in [-0.3, -0.25) is 0 Å². The number of H-pyrrole nitrogens is 1. The summed E-state index contributed by atoms with van der Waals surface area (Å²) in [4.78, 5) is 18.9. The van der Waals surface area contributed by atoms with Gasteiger partial charge in [0.2, 0.25) is 0 Å². The largest absolute Gasteiger partial charge is 0.384 e. The van der Waals surface area contributed by atoms with Crippen molar-refractivity contribution in [3.05, 3.63) is 30.4 Å². The average molecular weight is 294 g/mol. The van der Waals surface area contributed by atoms with Gasteiger partial charge in [-0.1, -0.05) is 0 Å². The highest BCUT2D eigenvalue weighted by Gasteiger charge is 2.21. The zero-order chi connectivity index (χ0) is 15.1. The number of hydrogen-bond acceptors (Lipinski definition) is 5. The van der Waals surface area contributed by atoms with Gasteiger partial charge in [0.25, 0.3) is 0 Å². The molecule has 1 aliphatic rings. The van der Waals surface area contributed by atoms with Gasteiger partial charge in [0.15, 0.2) is 0 Å². The van der Waals surface area contributed by atoms with Crippen LogP contribution in [0.4, 0.5) is 11.6 Å². The lowest BCUT2D eigenvalue weighted by Gasteiger charge is -2.18. The smallest absolute Gasteiger partial charge is 0.143 e. The van der Waals surface area contributed by atoms with Crippen LogP contribution in [-0.2, 0) is 0 Å². The molecular weight excluding hydrogens is 276 g/mol. The van der Waals surface area contributed by atoms with Crippen molar-refractivity contribution in [2.75, 3.05) is 23.7 Å². The van der Waals surface area contributed by atoms with Crippen LogP contribution in [0.3, 0.4) is 0 Å². The van der Waals surface area contributed by atoms with E-state index in [0.29, 0.717) is 5.82 Å². The van der Waals surface area contributed by atoms with Crippen LogP contribution in [0.1, 0.15) is 18.7 Å². The minimum atomic E-state index is 0.516. The molecule has 1 fully saturated rings. The van der Waals surface area contributed by atoms with Crippen molar-refractivity contribution < 1.29 is 0 Å². The summed E-state index contributed by atoms with van der Waals surface area (Å²) in [5.41, 5.74) is 8.81. The molecule has 4 heterocycles. The average Bonchev–Trinajstić information content (AvgIpc) is 3.15. The van der Waals surface area contributed by atoms with Gasteiger partial charge in [-0.25, -0.2) is 15.0 Å². The second-order valence-electron chi connectivity index (χ2n) is 5.68. The third kappa shape index (κ3) is 2.07. The predicted octanol–water partition coefficient (Wildman–Crippen LogP) is 2.51. The predicted molar refractivity (Wildman–Crippen MR) is 87.7 cm³/mol. The summed E-state index contributed by atoms with van der Waals surface area (Å²) in [6, 6.07) is 3.85. The highest BCUT2D eigenvalue weighted by molar-refractivity contribution is 6.01. The minimum absolute atomic E-state index is 0.516. The molecule has 1 saturated heterocycles. The van der Waals surface area contributed by atoms with Crippen molar-refractivity contribution in [2.45, 2.75) is 19.8 Å². The maximum absolute atomic E-state index is 5.83. The molecule has 0 amide bonds. The quantitative estimate of drug-likeness (QED) is 0.758. The lowest BCUT2D eigenvalue weighted by Crippen LogP contribution is -2.20. The maximum atomic E-state index is 5.83. The number of hydrogen-bond donors (Lipinski definition) is 2. The number of rotatable bonds is 2. The van der Waals surface area contributed by atoms with E-state index in [1.165, 1.54) is 12.8 Å². The second-order valence-corrected chi connectivity index (χ2v) is 5.68. The SMILES string of the molecule is Cc1nc(N2CCCC2)c2c(-c3ccnc(N)c3)c[nH]c2n1. The van der Waals surface area contributed by atoms with Crippen molar-refractivity contribution in [3.8, 4) is 11.1 Å². The molecule has 22 heavy (non-hydrogen) atoms. The van der Waals surface area contributed by atoms with Crippen LogP contribution in [0.15, 0.2) is 24.5 Å². The van der Waals surface area contributed by atoms with Crippen LogP contribution in [0.25, 0.3) is 22.2 Å². The van der Waals surface area contributed by atoms with E-state index in [0.717, 1.165) is 46.9 Å². The van der Waals surface area contributed by atoms with Crippen LogP contribution in [-0.4, -0.2) is 33.0 Å². The Morgan fingerprint density at radius 3 is 2.82 bits per heavy atom. The van der Waals surface area contributed by atoms with Crippen LogP contribution in [0, 0.1) is 6.92 Å². The monoisotopic (exact) mass is 294 g/mol. The summed E-state index contributed by atoms with van der Waals surface area (Å²) in [5.74, 6) is 2.33. The molecule has 0 atom stereocenters. The number of nitrogens with two attached hydrogens (primary N) is 1. The molecule has 0 radical (unpaired) electrons. The molecular formula is C16H18N6. The van der Waals surface area contributed by atoms with Crippen molar-refractivity contribution in [2.24, 2.45) is 0 Å². The molecule has 6 nitrogen and oxygen atoms in total. The third-order valence-corrected chi connectivity index (χ3v) is 4.12. The number of aromatic nitrogens is 4. The van der Waals surface area contributed by atoms with Gasteiger partial charge in [-0.2, -0.15) is 0 Å². The number of nitrogens with one attached hydrogen (secondary N) is 1. The third-order valence-electron chi connectivity index (χ3n) is 4.12. The maximum Gasteiger partial charge on any atom is 0.143 e. The number of aromatic amines is 1. The molecule has 0 spiro atoms. The minimum Gasteiger partial charge on any atom is -0.384 e. The number of fused-ring (bicyclic) bond motifs is 1. The highest BCUT2D eigenvalue weighted by atomic mass is 15.2. The zero-order valence-electron chi connectivity index (χ0n) is 12.5. The molecule has 0 saturated carbocycles. The lowest BCUT2D eigenvalue weighted by molar-refractivity contribution is 0.924. The number of nitrogen functional groups attached to an aromatic ring is 1. The Bertz CT molecular complexity index is 832. The Morgan fingerprint density at radius 2 is 2.05 bits per heavy atom. The molecule has 112 valence electrons. The molecule has 6 heteroatoms. The summed E-state index contributed by atoms with van der Waals surface area (Å²) in [6.07, 6.45) is 6.14. The van der Waals surface area contributed by atoms with E-state index in [2.05, 4.69) is 19.9 Å². The van der Waals surface area contributed by atoms with Gasteiger partial charge in [0, 0.05) is 31.0 Å². The first kappa shape index (κ1) is 13.1. The van der Waals surface area contributed by atoms with E-state index in [9.17, 15) is 0 Å². The molecule has 0 unspecified atom stereocenters. The number of aryl methyl sites for hydroxylation is 1. The summed E-state index contributed by atoms with van der Waals surface area (Å²) >= 11 is 0. The standard InChI is InChI=1S/C16H18N6/c1-10-20-15-14(16(21-10)22-6-2-3-7-22)12(9-19-15)11-4-5-18-13(17)8-11/h4-5,8-9H,2-3,6-7H2,1H3,(H2,17,18)(H,19,20,21). The lowest BCUT2D eigenvalue weighted by atomic mass is 10.1. The molecule has 0 bridgehead atoms. The second kappa shape index (κ2) is 4.98. The first-order valence-corrected chi connectivity index (χ1v) is 7.55. The Balaban J connectivity index is 1.96. The summed E-state index contributed by atoms with van der Waals surface area (Å²) < 4.78 is 0. The van der Waals surface area contributed by atoms with E-state index in [-0.39, 0.29) is 0 Å². The Morgan fingerprint density at radius 1 is 1.23 bits per heavy atom. The Labute approximate surface area is 128 Å². The van der Waals surface area contributed by atoms with E-state index >= 15 is 0 Å². The zero-order valence-corrected chi connectivity index (χ0v) is 12.5. The molecule has 0 aromatic carbocycles. The van der Waals surface area contributed by atoms with Gasteiger partial charge in [-0.05, 0) is 37.5 Å². The molecule has 4 rings (SSSR count). The fourth-order valence-electron chi connectivity index (χ4n) is 3.12. The summed E-state index contributed by atoms with van der Waals surface area (Å²) in [5, 5.41) is 1.07. The van der Waals surface area contributed by atoms with E-state index < -0.39 is 0 Å².